The molecule has 3 heterocycles. The Labute approximate surface area is 136 Å². The third kappa shape index (κ3) is 2.74. The van der Waals surface area contributed by atoms with Crippen LogP contribution in [0.2, 0.25) is 0 Å². The van der Waals surface area contributed by atoms with E-state index in [1.54, 1.807) is 6.92 Å². The molecule has 3 rings (SSSR count). The Morgan fingerprint density at radius 3 is 2.71 bits per heavy atom. The van der Waals surface area contributed by atoms with Gasteiger partial charge in [-0.25, -0.2) is 9.79 Å². The van der Waals surface area contributed by atoms with Crippen molar-refractivity contribution in [3.63, 3.8) is 0 Å². The molecule has 10 nitrogen and oxygen atoms in total. The fourth-order valence-electron chi connectivity index (χ4n) is 3.27. The Hall–Kier alpha value is -2.46. The molecule has 1 unspecified atom stereocenters. The molecule has 0 spiro atoms. The largest absolute Gasteiger partial charge is 0.392 e. The summed E-state index contributed by atoms with van der Waals surface area (Å²) in [6.45, 7) is 1.62. The molecule has 2 aliphatic heterocycles. The van der Waals surface area contributed by atoms with E-state index in [1.807, 2.05) is 4.98 Å². The number of aromatic amines is 2. The number of carbonyl (C=O) groups is 1. The molecule has 6 N–H and O–H groups in total. The highest BCUT2D eigenvalue weighted by molar-refractivity contribution is 5.98. The molecule has 0 radical (unpaired) electrons. The summed E-state index contributed by atoms with van der Waals surface area (Å²) >= 11 is 0. The average Bonchev–Trinajstić information content (AvgIpc) is 2.50. The number of amides is 1. The van der Waals surface area contributed by atoms with Crippen LogP contribution in [0.5, 0.6) is 0 Å². The van der Waals surface area contributed by atoms with Crippen LogP contribution in [-0.2, 0) is 4.79 Å². The third-order valence-electron chi connectivity index (χ3n) is 4.61. The van der Waals surface area contributed by atoms with E-state index in [2.05, 4.69) is 9.98 Å². The van der Waals surface area contributed by atoms with Gasteiger partial charge >= 0.3 is 5.69 Å². The fraction of sp³-hybridized carbons (Fsp3) is 0.571. The van der Waals surface area contributed by atoms with Crippen molar-refractivity contribution in [1.29, 1.82) is 0 Å². The number of nitrogens with two attached hydrogens (primary N) is 1. The first kappa shape index (κ1) is 16.4. The van der Waals surface area contributed by atoms with Gasteiger partial charge in [-0.2, -0.15) is 0 Å². The predicted molar refractivity (Wildman–Crippen MR) is 83.1 cm³/mol. The number of fused-ring (bicyclic) bond motifs is 1. The van der Waals surface area contributed by atoms with Gasteiger partial charge in [0, 0.05) is 12.1 Å². The van der Waals surface area contributed by atoms with E-state index < -0.39 is 41.5 Å². The monoisotopic (exact) mass is 337 g/mol. The molecule has 0 bridgehead atoms. The lowest BCUT2D eigenvalue weighted by molar-refractivity contribution is -0.143. The van der Waals surface area contributed by atoms with Gasteiger partial charge in [-0.1, -0.05) is 6.92 Å². The van der Waals surface area contributed by atoms with Crippen molar-refractivity contribution >= 4 is 11.9 Å². The molecule has 1 aromatic heterocycles. The highest BCUT2D eigenvalue weighted by atomic mass is 16.3. The second-order valence-electron chi connectivity index (χ2n) is 6.23. The lowest BCUT2D eigenvalue weighted by Crippen LogP contribution is -2.60. The summed E-state index contributed by atoms with van der Waals surface area (Å²) in [5.41, 5.74) is 4.53. The van der Waals surface area contributed by atoms with Crippen molar-refractivity contribution in [3.05, 3.63) is 32.6 Å². The molecule has 1 saturated heterocycles. The Kier molecular flexibility index (Phi) is 4.01. The number of carbonyl (C=O) groups excluding carboxylic acids is 1. The Morgan fingerprint density at radius 1 is 1.33 bits per heavy atom. The SMILES string of the molecule is C[C@@H]1C(=O)N2C(N)=N[C@@H]([C@@H](O)c3cc(=O)[nH]c(=O)[nH]3)C[C@H]2CC1O. The zero-order chi connectivity index (χ0) is 17.6. The number of aliphatic hydroxyl groups is 2. The summed E-state index contributed by atoms with van der Waals surface area (Å²) in [6.07, 6.45) is -1.47. The van der Waals surface area contributed by atoms with Crippen LogP contribution >= 0.6 is 0 Å². The van der Waals surface area contributed by atoms with Gasteiger partial charge in [0.2, 0.25) is 5.91 Å². The van der Waals surface area contributed by atoms with E-state index in [-0.39, 0.29) is 24.0 Å². The number of hydrogen-bond acceptors (Lipinski definition) is 7. The maximum absolute atomic E-state index is 12.3. The van der Waals surface area contributed by atoms with E-state index in [4.69, 9.17) is 5.73 Å². The van der Waals surface area contributed by atoms with Crippen LogP contribution in [0.3, 0.4) is 0 Å². The lowest BCUT2D eigenvalue weighted by Gasteiger charge is -2.44. The van der Waals surface area contributed by atoms with Crippen LogP contribution in [0.1, 0.15) is 31.6 Å². The second-order valence-corrected chi connectivity index (χ2v) is 6.23. The fourth-order valence-corrected chi connectivity index (χ4v) is 3.27. The smallest absolute Gasteiger partial charge is 0.325 e. The third-order valence-corrected chi connectivity index (χ3v) is 4.61. The molecule has 1 amide bonds. The summed E-state index contributed by atoms with van der Waals surface area (Å²) in [5.74, 6) is -0.913. The number of nitrogens with one attached hydrogen (secondary N) is 2. The van der Waals surface area contributed by atoms with Gasteiger partial charge in [0.05, 0.1) is 23.8 Å². The normalized spacial score (nSPS) is 31.4. The summed E-state index contributed by atoms with van der Waals surface area (Å²) in [4.78, 5) is 44.9. The highest BCUT2D eigenvalue weighted by Crippen LogP contribution is 2.32. The van der Waals surface area contributed by atoms with Crippen LogP contribution in [-0.4, -0.2) is 55.1 Å². The standard InChI is InChI=1S/C14H19N5O5/c1-5-9(20)3-6-2-7(16-13(15)19(6)12(5)23)11(22)8-4-10(21)18-14(24)17-8/h4-7,9,11,20,22H,2-3H2,1H3,(H2,15,16)(H2,17,18,21,24)/t5-,6-,7+,9?,11+/m0/s1. The van der Waals surface area contributed by atoms with E-state index in [9.17, 15) is 24.6 Å². The molecular formula is C14H19N5O5. The topological polar surface area (TPSA) is 165 Å². The van der Waals surface area contributed by atoms with Crippen molar-refractivity contribution in [1.82, 2.24) is 14.9 Å². The molecule has 0 aromatic carbocycles. The Balaban J connectivity index is 1.91. The number of guanidine groups is 1. The zero-order valence-electron chi connectivity index (χ0n) is 13.0. The molecular weight excluding hydrogens is 318 g/mol. The van der Waals surface area contributed by atoms with Crippen LogP contribution < -0.4 is 17.0 Å². The number of piperidine rings is 1. The quantitative estimate of drug-likeness (QED) is 0.410. The lowest BCUT2D eigenvalue weighted by atomic mass is 9.85. The molecule has 2 aliphatic rings. The van der Waals surface area contributed by atoms with Crippen molar-refractivity contribution in [3.8, 4) is 0 Å². The Morgan fingerprint density at radius 2 is 2.04 bits per heavy atom. The highest BCUT2D eigenvalue weighted by Gasteiger charge is 2.44. The first-order valence-electron chi connectivity index (χ1n) is 7.64. The summed E-state index contributed by atoms with van der Waals surface area (Å²) < 4.78 is 0. The molecule has 130 valence electrons. The molecule has 0 saturated carbocycles. The van der Waals surface area contributed by atoms with Crippen LogP contribution in [0.25, 0.3) is 0 Å². The van der Waals surface area contributed by atoms with Crippen LogP contribution in [0.15, 0.2) is 20.6 Å². The van der Waals surface area contributed by atoms with Crippen molar-refractivity contribution in [2.75, 3.05) is 0 Å². The van der Waals surface area contributed by atoms with Crippen molar-refractivity contribution < 1.29 is 15.0 Å². The minimum atomic E-state index is -1.26. The maximum Gasteiger partial charge on any atom is 0.325 e. The first-order valence-corrected chi connectivity index (χ1v) is 7.64. The predicted octanol–water partition coefficient (Wildman–Crippen LogP) is -2.22. The first-order chi connectivity index (χ1) is 11.3. The van der Waals surface area contributed by atoms with Gasteiger partial charge in [-0.3, -0.25) is 19.5 Å². The van der Waals surface area contributed by atoms with Gasteiger partial charge < -0.3 is 20.9 Å². The van der Waals surface area contributed by atoms with E-state index in [1.165, 1.54) is 4.90 Å². The zero-order valence-corrected chi connectivity index (χ0v) is 13.0. The number of rotatable bonds is 2. The number of nitrogens with zero attached hydrogens (tertiary/aromatic N) is 2. The van der Waals surface area contributed by atoms with Crippen molar-refractivity contribution in [2.45, 2.75) is 44.1 Å². The summed E-state index contributed by atoms with van der Waals surface area (Å²) in [7, 11) is 0. The van der Waals surface area contributed by atoms with Gasteiger partial charge in [0.15, 0.2) is 5.96 Å². The van der Waals surface area contributed by atoms with E-state index in [0.717, 1.165) is 6.07 Å². The van der Waals surface area contributed by atoms with Crippen molar-refractivity contribution in [2.24, 2.45) is 16.6 Å². The number of aromatic nitrogens is 2. The number of aliphatic hydroxyl groups excluding tert-OH is 2. The minimum absolute atomic E-state index is 0.0230. The van der Waals surface area contributed by atoms with Gasteiger partial charge in [-0.15, -0.1) is 0 Å². The van der Waals surface area contributed by atoms with Crippen LogP contribution in [0, 0.1) is 5.92 Å². The van der Waals surface area contributed by atoms with Gasteiger partial charge in [0.1, 0.15) is 6.10 Å². The molecule has 1 aromatic rings. The minimum Gasteiger partial charge on any atom is -0.392 e. The molecule has 24 heavy (non-hydrogen) atoms. The number of hydrogen-bond donors (Lipinski definition) is 5. The van der Waals surface area contributed by atoms with E-state index >= 15 is 0 Å². The average molecular weight is 337 g/mol. The number of aliphatic imine (C=N–C) groups is 1. The van der Waals surface area contributed by atoms with E-state index in [0.29, 0.717) is 6.42 Å². The molecule has 10 heteroatoms. The van der Waals surface area contributed by atoms with Gasteiger partial charge in [-0.05, 0) is 12.8 Å². The Bertz CT molecular complexity index is 771. The molecule has 0 aliphatic carbocycles. The van der Waals surface area contributed by atoms with Gasteiger partial charge in [0.25, 0.3) is 5.56 Å². The molecule has 1 fully saturated rings. The maximum atomic E-state index is 12.3. The second kappa shape index (κ2) is 5.87. The summed E-state index contributed by atoms with van der Waals surface area (Å²) in [6, 6.07) is -0.0562. The van der Waals surface area contributed by atoms with Crippen LogP contribution in [0.4, 0.5) is 0 Å². The number of H-pyrrole nitrogens is 2. The molecule has 5 atom stereocenters. The summed E-state index contributed by atoms with van der Waals surface area (Å²) in [5, 5.41) is 20.4.